The van der Waals surface area contributed by atoms with E-state index in [-0.39, 0.29) is 24.9 Å². The standard InChI is InChI=1S/C24H25ClN6O2S2/c1-24(2,3)26-23(33)21(19-7-5-13-35-19)30(14-18-6-4-12-34-18)20(32)15-31-28-22(27-29-31)16-8-10-17(25)11-9-16/h4-13,21H,14-15H2,1-3H3,(H,26,33). The summed E-state index contributed by atoms with van der Waals surface area (Å²) in [5, 5.41) is 20.0. The van der Waals surface area contributed by atoms with Gasteiger partial charge in [0, 0.05) is 25.9 Å². The van der Waals surface area contributed by atoms with Gasteiger partial charge in [-0.15, -0.1) is 32.9 Å². The highest BCUT2D eigenvalue weighted by Crippen LogP contribution is 2.29. The van der Waals surface area contributed by atoms with Crippen molar-refractivity contribution in [2.75, 3.05) is 0 Å². The highest BCUT2D eigenvalue weighted by molar-refractivity contribution is 7.10. The zero-order valence-corrected chi connectivity index (χ0v) is 21.9. The molecule has 8 nitrogen and oxygen atoms in total. The fourth-order valence-corrected chi connectivity index (χ4v) is 5.10. The first-order valence-corrected chi connectivity index (χ1v) is 13.0. The average molecular weight is 529 g/mol. The number of tetrazole rings is 1. The van der Waals surface area contributed by atoms with Gasteiger partial charge in [0.05, 0.1) is 6.54 Å². The van der Waals surface area contributed by atoms with E-state index in [1.54, 1.807) is 29.2 Å². The van der Waals surface area contributed by atoms with Crippen molar-refractivity contribution in [1.82, 2.24) is 30.4 Å². The summed E-state index contributed by atoms with van der Waals surface area (Å²) in [6.07, 6.45) is 0. The summed E-state index contributed by atoms with van der Waals surface area (Å²) in [6, 6.07) is 13.9. The van der Waals surface area contributed by atoms with Crippen LogP contribution in [0.1, 0.15) is 36.6 Å². The van der Waals surface area contributed by atoms with Gasteiger partial charge in [-0.05, 0) is 73.1 Å². The summed E-state index contributed by atoms with van der Waals surface area (Å²) < 4.78 is 0. The van der Waals surface area contributed by atoms with E-state index in [1.165, 1.54) is 27.5 Å². The average Bonchev–Trinajstić information content (AvgIpc) is 3.56. The van der Waals surface area contributed by atoms with Gasteiger partial charge in [0.25, 0.3) is 0 Å². The minimum atomic E-state index is -0.789. The number of carbonyl (C=O) groups excluding carboxylic acids is 2. The zero-order chi connectivity index (χ0) is 25.0. The van der Waals surface area contributed by atoms with Crippen LogP contribution in [0.15, 0.2) is 59.3 Å². The number of nitrogens with zero attached hydrogens (tertiary/aromatic N) is 5. The number of amides is 2. The van der Waals surface area contributed by atoms with Crippen molar-refractivity contribution < 1.29 is 9.59 Å². The molecule has 0 aliphatic rings. The second-order valence-electron chi connectivity index (χ2n) is 8.91. The number of aromatic nitrogens is 4. The van der Waals surface area contributed by atoms with Crippen LogP contribution in [-0.4, -0.2) is 42.5 Å². The van der Waals surface area contributed by atoms with Gasteiger partial charge in [0.15, 0.2) is 0 Å². The van der Waals surface area contributed by atoms with E-state index >= 15 is 0 Å². The molecule has 3 aromatic heterocycles. The largest absolute Gasteiger partial charge is 0.349 e. The maximum Gasteiger partial charge on any atom is 0.248 e. The van der Waals surface area contributed by atoms with Crippen molar-refractivity contribution in [2.45, 2.75) is 45.4 Å². The molecule has 2 amide bonds. The quantitative estimate of drug-likeness (QED) is 0.354. The molecule has 0 spiro atoms. The molecule has 35 heavy (non-hydrogen) atoms. The van der Waals surface area contributed by atoms with Crippen LogP contribution in [-0.2, 0) is 22.7 Å². The molecular formula is C24H25ClN6O2S2. The molecule has 1 N–H and O–H groups in total. The van der Waals surface area contributed by atoms with Crippen molar-refractivity contribution in [3.8, 4) is 11.4 Å². The third-order valence-electron chi connectivity index (χ3n) is 4.93. The zero-order valence-electron chi connectivity index (χ0n) is 19.5. The van der Waals surface area contributed by atoms with Gasteiger partial charge in [0.1, 0.15) is 12.6 Å². The van der Waals surface area contributed by atoms with E-state index in [9.17, 15) is 9.59 Å². The molecule has 0 bridgehead atoms. The van der Waals surface area contributed by atoms with Crippen LogP contribution in [0.5, 0.6) is 0 Å². The number of rotatable bonds is 8. The highest BCUT2D eigenvalue weighted by Gasteiger charge is 2.34. The Kier molecular flexibility index (Phi) is 7.63. The summed E-state index contributed by atoms with van der Waals surface area (Å²) in [5.41, 5.74) is 0.287. The molecule has 11 heteroatoms. The maximum absolute atomic E-state index is 13.6. The molecule has 1 unspecified atom stereocenters. The van der Waals surface area contributed by atoms with Gasteiger partial charge < -0.3 is 10.2 Å². The summed E-state index contributed by atoms with van der Waals surface area (Å²) >= 11 is 8.93. The topological polar surface area (TPSA) is 93.0 Å². The van der Waals surface area contributed by atoms with Crippen molar-refractivity contribution in [3.63, 3.8) is 0 Å². The van der Waals surface area contributed by atoms with E-state index in [1.807, 2.05) is 55.8 Å². The molecule has 0 radical (unpaired) electrons. The Balaban J connectivity index is 1.63. The SMILES string of the molecule is CC(C)(C)NC(=O)C(c1cccs1)N(Cc1cccs1)C(=O)Cn1nnc(-c2ccc(Cl)cc2)n1. The lowest BCUT2D eigenvalue weighted by molar-refractivity contribution is -0.142. The Bertz CT molecular complexity index is 1260. The fraction of sp³-hybridized carbons (Fsp3) is 0.292. The van der Waals surface area contributed by atoms with Crippen LogP contribution < -0.4 is 5.32 Å². The lowest BCUT2D eigenvalue weighted by atomic mass is 10.1. The second-order valence-corrected chi connectivity index (χ2v) is 11.4. The second kappa shape index (κ2) is 10.7. The number of nitrogens with one attached hydrogen (secondary N) is 1. The lowest BCUT2D eigenvalue weighted by Crippen LogP contribution is -2.49. The molecule has 0 aliphatic carbocycles. The van der Waals surface area contributed by atoms with Crippen LogP contribution >= 0.6 is 34.3 Å². The number of carbonyl (C=O) groups is 2. The van der Waals surface area contributed by atoms with Gasteiger partial charge in [0.2, 0.25) is 17.6 Å². The Labute approximate surface area is 216 Å². The first kappa shape index (κ1) is 25.0. The highest BCUT2D eigenvalue weighted by atomic mass is 35.5. The van der Waals surface area contributed by atoms with Gasteiger partial charge in [-0.25, -0.2) is 0 Å². The lowest BCUT2D eigenvalue weighted by Gasteiger charge is -2.32. The van der Waals surface area contributed by atoms with E-state index in [4.69, 9.17) is 11.6 Å². The van der Waals surface area contributed by atoms with Gasteiger partial charge in [-0.2, -0.15) is 4.80 Å². The molecule has 0 saturated heterocycles. The smallest absolute Gasteiger partial charge is 0.248 e. The number of hydrogen-bond acceptors (Lipinski definition) is 7. The summed E-state index contributed by atoms with van der Waals surface area (Å²) in [4.78, 5) is 31.7. The molecule has 4 aromatic rings. The van der Waals surface area contributed by atoms with Crippen molar-refractivity contribution in [2.24, 2.45) is 0 Å². The normalized spacial score (nSPS) is 12.3. The summed E-state index contributed by atoms with van der Waals surface area (Å²) in [7, 11) is 0. The Morgan fingerprint density at radius 1 is 1.09 bits per heavy atom. The Morgan fingerprint density at radius 2 is 1.80 bits per heavy atom. The maximum atomic E-state index is 13.6. The van der Waals surface area contributed by atoms with Crippen LogP contribution in [0, 0.1) is 0 Å². The number of benzene rings is 1. The monoisotopic (exact) mass is 528 g/mol. The van der Waals surface area contributed by atoms with E-state index in [0.29, 0.717) is 10.8 Å². The molecule has 0 saturated carbocycles. The predicted octanol–water partition coefficient (Wildman–Crippen LogP) is 4.80. The van der Waals surface area contributed by atoms with Crippen molar-refractivity contribution >= 4 is 46.1 Å². The third-order valence-corrected chi connectivity index (χ3v) is 6.97. The minimum Gasteiger partial charge on any atom is -0.349 e. The molecule has 1 atom stereocenters. The molecular weight excluding hydrogens is 504 g/mol. The Morgan fingerprint density at radius 3 is 2.43 bits per heavy atom. The number of thiophene rings is 2. The molecule has 182 valence electrons. The van der Waals surface area contributed by atoms with Crippen LogP contribution in [0.3, 0.4) is 0 Å². The first-order valence-electron chi connectivity index (χ1n) is 10.9. The minimum absolute atomic E-state index is 0.156. The predicted molar refractivity (Wildman–Crippen MR) is 138 cm³/mol. The Hall–Kier alpha value is -3.08. The van der Waals surface area contributed by atoms with Crippen molar-refractivity contribution in [1.29, 1.82) is 0 Å². The molecule has 0 aliphatic heterocycles. The summed E-state index contributed by atoms with van der Waals surface area (Å²) in [6.45, 7) is 5.88. The van der Waals surface area contributed by atoms with Crippen LogP contribution in [0.4, 0.5) is 0 Å². The van der Waals surface area contributed by atoms with E-state index < -0.39 is 11.6 Å². The van der Waals surface area contributed by atoms with Gasteiger partial charge in [-0.3, -0.25) is 9.59 Å². The third kappa shape index (κ3) is 6.53. The fourth-order valence-electron chi connectivity index (χ4n) is 3.44. The molecule has 0 fully saturated rings. The number of halogens is 1. The molecule has 1 aromatic carbocycles. The van der Waals surface area contributed by atoms with Gasteiger partial charge in [-0.1, -0.05) is 23.7 Å². The van der Waals surface area contributed by atoms with Crippen molar-refractivity contribution in [3.05, 3.63) is 74.1 Å². The van der Waals surface area contributed by atoms with Crippen LogP contribution in [0.2, 0.25) is 5.02 Å². The van der Waals surface area contributed by atoms with E-state index in [0.717, 1.165) is 15.3 Å². The van der Waals surface area contributed by atoms with Gasteiger partial charge >= 0.3 is 0 Å². The van der Waals surface area contributed by atoms with E-state index in [2.05, 4.69) is 20.7 Å². The molecule has 4 rings (SSSR count). The summed E-state index contributed by atoms with van der Waals surface area (Å²) in [5.74, 6) is -0.140. The molecule has 3 heterocycles. The number of hydrogen-bond donors (Lipinski definition) is 1. The van der Waals surface area contributed by atoms with Crippen LogP contribution in [0.25, 0.3) is 11.4 Å². The first-order chi connectivity index (χ1) is 16.7.